The maximum atomic E-state index is 14.3. The lowest BCUT2D eigenvalue weighted by atomic mass is 10.1. The Morgan fingerprint density at radius 1 is 1.00 bits per heavy atom. The number of carbonyl (C=O) groups excluding carboxylic acids is 2. The van der Waals surface area contributed by atoms with Gasteiger partial charge in [0.15, 0.2) is 0 Å². The van der Waals surface area contributed by atoms with Crippen LogP contribution in [0.1, 0.15) is 50.2 Å². The Kier molecular flexibility index (Phi) is 11.0. The smallest absolute Gasteiger partial charge is 0.264 e. The molecule has 43 heavy (non-hydrogen) atoms. The number of hydrogen-bond donors (Lipinski definition) is 1. The molecule has 2 amide bonds. The number of sulfonamides is 1. The van der Waals surface area contributed by atoms with Gasteiger partial charge in [0, 0.05) is 22.6 Å². The quantitative estimate of drug-likeness (QED) is 0.247. The van der Waals surface area contributed by atoms with Crippen LogP contribution in [0.2, 0.25) is 10.0 Å². The van der Waals surface area contributed by atoms with Crippen molar-refractivity contribution in [2.75, 3.05) is 18.0 Å². The van der Waals surface area contributed by atoms with Crippen LogP contribution in [-0.2, 0) is 26.2 Å². The van der Waals surface area contributed by atoms with Crippen molar-refractivity contribution in [1.82, 2.24) is 10.2 Å². The van der Waals surface area contributed by atoms with Gasteiger partial charge in [-0.1, -0.05) is 72.8 Å². The van der Waals surface area contributed by atoms with E-state index >= 15 is 0 Å². The van der Waals surface area contributed by atoms with E-state index in [1.807, 2.05) is 19.9 Å². The summed E-state index contributed by atoms with van der Waals surface area (Å²) in [5.74, 6) is -0.210. The van der Waals surface area contributed by atoms with Crippen LogP contribution in [0.5, 0.6) is 5.75 Å². The van der Waals surface area contributed by atoms with Crippen LogP contribution in [-0.4, -0.2) is 50.9 Å². The number of nitrogens with zero attached hydrogens (tertiary/aromatic N) is 2. The third-order valence-corrected chi connectivity index (χ3v) is 9.82. The second kappa shape index (κ2) is 14.5. The highest BCUT2D eigenvalue weighted by Gasteiger charge is 2.35. The largest absolute Gasteiger partial charge is 0.497 e. The van der Waals surface area contributed by atoms with E-state index in [0.29, 0.717) is 12.2 Å². The molecule has 1 fully saturated rings. The van der Waals surface area contributed by atoms with Crippen LogP contribution in [0.3, 0.4) is 0 Å². The van der Waals surface area contributed by atoms with Gasteiger partial charge in [-0.2, -0.15) is 0 Å². The second-order valence-corrected chi connectivity index (χ2v) is 13.5. The number of hydrogen-bond acceptors (Lipinski definition) is 5. The summed E-state index contributed by atoms with van der Waals surface area (Å²) >= 11 is 12.6. The summed E-state index contributed by atoms with van der Waals surface area (Å²) in [4.78, 5) is 29.3. The van der Waals surface area contributed by atoms with Gasteiger partial charge in [-0.25, -0.2) is 8.42 Å². The minimum atomic E-state index is -4.24. The molecular formula is C32H37Cl2N3O5S. The molecule has 0 aromatic heterocycles. The van der Waals surface area contributed by atoms with Crippen LogP contribution in [0.15, 0.2) is 71.6 Å². The molecule has 0 heterocycles. The monoisotopic (exact) mass is 645 g/mol. The first-order valence-electron chi connectivity index (χ1n) is 14.3. The zero-order valence-corrected chi connectivity index (χ0v) is 26.9. The number of carbonyl (C=O) groups is 2. The highest BCUT2D eigenvalue weighted by atomic mass is 35.5. The molecule has 3 aromatic carbocycles. The lowest BCUT2D eigenvalue weighted by Crippen LogP contribution is -2.53. The van der Waals surface area contributed by atoms with E-state index in [0.717, 1.165) is 41.1 Å². The molecule has 0 saturated heterocycles. The van der Waals surface area contributed by atoms with Crippen molar-refractivity contribution < 1.29 is 22.7 Å². The summed E-state index contributed by atoms with van der Waals surface area (Å²) in [5, 5.41) is 3.55. The number of ether oxygens (including phenoxy) is 1. The number of halogens is 2. The SMILES string of the molecule is CC[C@@H](C(=O)NC1CCCC1)N(Cc1cccc(OC)c1)C(=O)CN(c1cc(Cl)cc(Cl)c1)S(=O)(=O)c1ccc(C)cc1. The van der Waals surface area contributed by atoms with Crippen LogP contribution >= 0.6 is 23.2 Å². The van der Waals surface area contributed by atoms with E-state index in [1.54, 1.807) is 37.4 Å². The van der Waals surface area contributed by atoms with Crippen molar-refractivity contribution in [1.29, 1.82) is 0 Å². The summed E-state index contributed by atoms with van der Waals surface area (Å²) < 4.78 is 34.5. The highest BCUT2D eigenvalue weighted by molar-refractivity contribution is 7.92. The van der Waals surface area contributed by atoms with Crippen molar-refractivity contribution in [3.63, 3.8) is 0 Å². The van der Waals surface area contributed by atoms with E-state index in [-0.39, 0.29) is 39.1 Å². The molecule has 8 nitrogen and oxygen atoms in total. The van der Waals surface area contributed by atoms with Crippen molar-refractivity contribution in [3.05, 3.63) is 87.9 Å². The first-order chi connectivity index (χ1) is 20.5. The number of amides is 2. The van der Waals surface area contributed by atoms with Gasteiger partial charge >= 0.3 is 0 Å². The van der Waals surface area contributed by atoms with E-state index in [1.165, 1.54) is 35.2 Å². The Labute approximate surface area is 264 Å². The molecule has 1 saturated carbocycles. The number of methoxy groups -OCH3 is 1. The van der Waals surface area contributed by atoms with Crippen molar-refractivity contribution in [3.8, 4) is 5.75 Å². The average molecular weight is 647 g/mol. The van der Waals surface area contributed by atoms with Crippen molar-refractivity contribution in [2.45, 2.75) is 69.5 Å². The molecule has 0 radical (unpaired) electrons. The third-order valence-electron chi connectivity index (χ3n) is 7.60. The van der Waals surface area contributed by atoms with Gasteiger partial charge < -0.3 is 15.0 Å². The van der Waals surface area contributed by atoms with Crippen LogP contribution in [0.4, 0.5) is 5.69 Å². The molecule has 230 valence electrons. The maximum absolute atomic E-state index is 14.3. The number of nitrogens with one attached hydrogen (secondary N) is 1. The molecule has 4 rings (SSSR count). The normalized spacial score (nSPS) is 14.3. The zero-order valence-electron chi connectivity index (χ0n) is 24.6. The molecule has 11 heteroatoms. The van der Waals surface area contributed by atoms with Crippen LogP contribution in [0.25, 0.3) is 0 Å². The molecule has 1 N–H and O–H groups in total. The molecule has 1 aliphatic rings. The molecule has 1 atom stereocenters. The minimum Gasteiger partial charge on any atom is -0.497 e. The third kappa shape index (κ3) is 8.22. The number of benzene rings is 3. The number of anilines is 1. The van der Waals surface area contributed by atoms with Gasteiger partial charge in [0.2, 0.25) is 11.8 Å². The van der Waals surface area contributed by atoms with Gasteiger partial charge in [-0.15, -0.1) is 0 Å². The predicted octanol–water partition coefficient (Wildman–Crippen LogP) is 6.37. The molecule has 0 aliphatic heterocycles. The Balaban J connectivity index is 1.75. The summed E-state index contributed by atoms with van der Waals surface area (Å²) in [6.45, 7) is 3.18. The minimum absolute atomic E-state index is 0.00682. The van der Waals surface area contributed by atoms with Crippen LogP contribution < -0.4 is 14.4 Å². The fourth-order valence-electron chi connectivity index (χ4n) is 5.30. The van der Waals surface area contributed by atoms with E-state index in [2.05, 4.69) is 5.32 Å². The lowest BCUT2D eigenvalue weighted by Gasteiger charge is -2.34. The summed E-state index contributed by atoms with van der Waals surface area (Å²) in [6, 6.07) is 17.2. The summed E-state index contributed by atoms with van der Waals surface area (Å²) in [7, 11) is -2.69. The van der Waals surface area contributed by atoms with Gasteiger partial charge in [0.1, 0.15) is 18.3 Å². The number of aryl methyl sites for hydroxylation is 1. The first kappa shape index (κ1) is 32.6. The fourth-order valence-corrected chi connectivity index (χ4v) is 7.22. The summed E-state index contributed by atoms with van der Waals surface area (Å²) in [6.07, 6.45) is 4.21. The zero-order chi connectivity index (χ0) is 31.1. The van der Waals surface area contributed by atoms with Crippen molar-refractivity contribution >= 4 is 50.7 Å². The molecular weight excluding hydrogens is 609 g/mol. The summed E-state index contributed by atoms with van der Waals surface area (Å²) in [5.41, 5.74) is 1.76. The van der Waals surface area contributed by atoms with Gasteiger partial charge in [-0.3, -0.25) is 13.9 Å². The predicted molar refractivity (Wildman–Crippen MR) is 170 cm³/mol. The van der Waals surface area contributed by atoms with E-state index in [9.17, 15) is 18.0 Å². The van der Waals surface area contributed by atoms with Gasteiger partial charge in [0.05, 0.1) is 17.7 Å². The second-order valence-electron chi connectivity index (χ2n) is 10.7. The van der Waals surface area contributed by atoms with E-state index in [4.69, 9.17) is 27.9 Å². The Morgan fingerprint density at radius 2 is 1.65 bits per heavy atom. The van der Waals surface area contributed by atoms with E-state index < -0.39 is 28.5 Å². The van der Waals surface area contributed by atoms with Crippen molar-refractivity contribution in [2.24, 2.45) is 0 Å². The fraction of sp³-hybridized carbons (Fsp3) is 0.375. The average Bonchev–Trinajstić information content (AvgIpc) is 3.48. The molecule has 0 unspecified atom stereocenters. The highest BCUT2D eigenvalue weighted by Crippen LogP contribution is 2.30. The molecule has 3 aromatic rings. The Hall–Kier alpha value is -3.27. The topological polar surface area (TPSA) is 96.0 Å². The Bertz CT molecular complexity index is 1520. The first-order valence-corrected chi connectivity index (χ1v) is 16.5. The molecule has 1 aliphatic carbocycles. The maximum Gasteiger partial charge on any atom is 0.264 e. The molecule has 0 spiro atoms. The lowest BCUT2D eigenvalue weighted by molar-refractivity contribution is -0.140. The standard InChI is InChI=1S/C32H37Cl2N3O5S/c1-4-30(32(39)35-26-9-5-6-10-26)36(20-23-8-7-11-28(16-23)42-3)31(38)21-37(27-18-24(33)17-25(34)19-27)43(40,41)29-14-12-22(2)13-15-29/h7-8,11-19,26,30H,4-6,9-10,20-21H2,1-3H3,(H,35,39)/t30-/m0/s1. The van der Waals surface area contributed by atoms with Gasteiger partial charge in [0.25, 0.3) is 10.0 Å². The van der Waals surface area contributed by atoms with Gasteiger partial charge in [-0.05, 0) is 74.2 Å². The molecule has 0 bridgehead atoms. The Morgan fingerprint density at radius 3 is 2.26 bits per heavy atom. The number of rotatable bonds is 12. The van der Waals surface area contributed by atoms with Crippen LogP contribution in [0, 0.1) is 6.92 Å².